The highest BCUT2D eigenvalue weighted by Gasteiger charge is 2.35. The topological polar surface area (TPSA) is 189 Å². The van der Waals surface area contributed by atoms with E-state index in [1.807, 2.05) is 32.0 Å². The second kappa shape index (κ2) is 16.4. The van der Waals surface area contributed by atoms with Crippen molar-refractivity contribution >= 4 is 28.7 Å². The number of aliphatic hydroxyl groups excluding tert-OH is 1. The van der Waals surface area contributed by atoms with Crippen LogP contribution < -0.4 is 22.3 Å². The van der Waals surface area contributed by atoms with Crippen LogP contribution in [0.2, 0.25) is 0 Å². The predicted molar refractivity (Wildman–Crippen MR) is 182 cm³/mol. The molecule has 0 radical (unpaired) electrons. The maximum atomic E-state index is 14.5. The highest BCUT2D eigenvalue weighted by atomic mass is 19.1. The minimum absolute atomic E-state index is 0.0427. The lowest BCUT2D eigenvalue weighted by Gasteiger charge is -2.22. The zero-order chi connectivity index (χ0) is 35.8. The third-order valence-corrected chi connectivity index (χ3v) is 8.28. The van der Waals surface area contributed by atoms with Crippen molar-refractivity contribution in [2.45, 2.75) is 66.2 Å². The zero-order valence-corrected chi connectivity index (χ0v) is 28.1. The standard InChI is InChI=1S/C22H17FN2O4.C7H8.C5H11N3O3.C2H6/c1-9-10-3-2-4-11-13-7-25-17(19(13)24-16(18(10)11)6-15(9)23)5-12-14(21(25)27)8-29-22(28)20(12)26;1-7-5-3-2-4-6-7;6-1-5(10)8-3-11-2-4(7)9;1-2/h5-6,20,26H,2-4,7-8H2,1H3;2-6H,1H3;1-3,6H2,(H2,7,9)(H,8,10);1-2H3. The Morgan fingerprint density at radius 3 is 2.41 bits per heavy atom. The molecule has 0 saturated carbocycles. The summed E-state index contributed by atoms with van der Waals surface area (Å²) in [6.45, 7) is 7.79. The van der Waals surface area contributed by atoms with Gasteiger partial charge in [-0.15, -0.1) is 0 Å². The summed E-state index contributed by atoms with van der Waals surface area (Å²) in [7, 11) is 0. The number of carbonyl (C=O) groups excluding carboxylic acids is 3. The molecular formula is C36H42FN5O7. The molecule has 4 aromatic rings. The van der Waals surface area contributed by atoms with Gasteiger partial charge < -0.3 is 35.9 Å². The number of rotatable bonds is 5. The van der Waals surface area contributed by atoms with E-state index in [0.717, 1.165) is 41.3 Å². The lowest BCUT2D eigenvalue weighted by atomic mass is 9.85. The quantitative estimate of drug-likeness (QED) is 0.123. The summed E-state index contributed by atoms with van der Waals surface area (Å²) in [5.41, 5.74) is 16.9. The number of esters is 1. The van der Waals surface area contributed by atoms with E-state index in [0.29, 0.717) is 34.6 Å². The Balaban J connectivity index is 0.000000224. The number of nitrogens with two attached hydrogens (primary N) is 2. The second-order valence-corrected chi connectivity index (χ2v) is 11.4. The first-order valence-corrected chi connectivity index (χ1v) is 16.1. The van der Waals surface area contributed by atoms with Crippen LogP contribution in [0, 0.1) is 19.7 Å². The summed E-state index contributed by atoms with van der Waals surface area (Å²) in [5, 5.41) is 13.5. The van der Waals surface area contributed by atoms with Crippen molar-refractivity contribution in [1.82, 2.24) is 14.9 Å². The largest absolute Gasteiger partial charge is 0.458 e. The molecule has 0 fully saturated rings. The SMILES string of the molecule is CC.Cc1c(F)cc2nc3c(c4c2c1CCC4)Cn1c-3cc2c(c1=O)COC(=O)C2O.Cc1ccccc1.NCC(=O)NCOCC(N)=O. The Morgan fingerprint density at radius 2 is 1.78 bits per heavy atom. The Labute approximate surface area is 283 Å². The molecule has 7 rings (SSSR count). The summed E-state index contributed by atoms with van der Waals surface area (Å²) in [6.07, 6.45) is 1.12. The van der Waals surface area contributed by atoms with Gasteiger partial charge in [-0.3, -0.25) is 14.4 Å². The number of hydrogen-bond acceptors (Lipinski definition) is 9. The Hall–Kier alpha value is -4.98. The molecule has 1 aliphatic carbocycles. The van der Waals surface area contributed by atoms with Gasteiger partial charge in [0.2, 0.25) is 11.8 Å². The Bertz CT molecular complexity index is 1930. The molecule has 260 valence electrons. The number of fused-ring (bicyclic) bond motifs is 5. The van der Waals surface area contributed by atoms with Crippen LogP contribution >= 0.6 is 0 Å². The molecule has 12 nitrogen and oxygen atoms in total. The van der Waals surface area contributed by atoms with Crippen molar-refractivity contribution in [3.8, 4) is 11.4 Å². The second-order valence-electron chi connectivity index (χ2n) is 11.4. The molecule has 4 heterocycles. The van der Waals surface area contributed by atoms with Crippen LogP contribution in [0.15, 0.2) is 47.3 Å². The number of ether oxygens (including phenoxy) is 2. The number of nitrogens with zero attached hydrogens (tertiary/aromatic N) is 2. The molecule has 13 heteroatoms. The number of primary amides is 1. The van der Waals surface area contributed by atoms with E-state index in [-0.39, 0.29) is 49.3 Å². The van der Waals surface area contributed by atoms with E-state index in [1.54, 1.807) is 17.6 Å². The van der Waals surface area contributed by atoms with Crippen LogP contribution in [0.3, 0.4) is 0 Å². The van der Waals surface area contributed by atoms with Gasteiger partial charge >= 0.3 is 5.97 Å². The average molecular weight is 676 g/mol. The third-order valence-electron chi connectivity index (χ3n) is 8.28. The molecule has 0 saturated heterocycles. The summed E-state index contributed by atoms with van der Waals surface area (Å²) >= 11 is 0. The van der Waals surface area contributed by atoms with Crippen LogP contribution in [0.25, 0.3) is 22.3 Å². The number of cyclic esters (lactones) is 1. The maximum absolute atomic E-state index is 14.5. The number of aryl methyl sites for hydroxylation is 3. The highest BCUT2D eigenvalue weighted by molar-refractivity contribution is 5.92. The Morgan fingerprint density at radius 1 is 1.08 bits per heavy atom. The van der Waals surface area contributed by atoms with Gasteiger partial charge in [0.25, 0.3) is 5.56 Å². The van der Waals surface area contributed by atoms with Crippen molar-refractivity contribution in [2.24, 2.45) is 11.5 Å². The number of halogens is 1. The van der Waals surface area contributed by atoms with E-state index >= 15 is 0 Å². The monoisotopic (exact) mass is 675 g/mol. The van der Waals surface area contributed by atoms with Gasteiger partial charge in [-0.1, -0.05) is 49.7 Å². The molecule has 0 spiro atoms. The van der Waals surface area contributed by atoms with Crippen molar-refractivity contribution < 1.29 is 33.4 Å². The molecule has 2 aromatic carbocycles. The summed E-state index contributed by atoms with van der Waals surface area (Å²) < 4.78 is 25.7. The van der Waals surface area contributed by atoms with Crippen molar-refractivity contribution in [3.05, 3.63) is 97.6 Å². The number of aromatic nitrogens is 2. The third kappa shape index (κ3) is 8.02. The van der Waals surface area contributed by atoms with Crippen LogP contribution in [0.5, 0.6) is 0 Å². The molecule has 49 heavy (non-hydrogen) atoms. The first-order valence-electron chi connectivity index (χ1n) is 16.1. The van der Waals surface area contributed by atoms with E-state index in [1.165, 1.54) is 11.6 Å². The molecule has 2 aliphatic heterocycles. The summed E-state index contributed by atoms with van der Waals surface area (Å²) in [6, 6.07) is 13.4. The van der Waals surface area contributed by atoms with Gasteiger partial charge in [0.05, 0.1) is 35.6 Å². The number of amides is 2. The lowest BCUT2D eigenvalue weighted by Crippen LogP contribution is -2.33. The number of hydrogen-bond donors (Lipinski definition) is 4. The first-order chi connectivity index (χ1) is 23.5. The van der Waals surface area contributed by atoms with E-state index < -0.39 is 18.0 Å². The zero-order valence-electron chi connectivity index (χ0n) is 28.1. The van der Waals surface area contributed by atoms with Crippen molar-refractivity contribution in [2.75, 3.05) is 19.9 Å². The normalized spacial score (nSPS) is 14.7. The molecular weight excluding hydrogens is 633 g/mol. The fourth-order valence-electron chi connectivity index (χ4n) is 5.95. The molecule has 3 aliphatic rings. The highest BCUT2D eigenvalue weighted by Crippen LogP contribution is 2.42. The molecule has 2 amide bonds. The van der Waals surface area contributed by atoms with E-state index in [4.69, 9.17) is 21.2 Å². The fourth-order valence-corrected chi connectivity index (χ4v) is 5.95. The summed E-state index contributed by atoms with van der Waals surface area (Å²) in [5.74, 6) is -1.95. The molecule has 2 aromatic heterocycles. The van der Waals surface area contributed by atoms with Crippen molar-refractivity contribution in [1.29, 1.82) is 0 Å². The van der Waals surface area contributed by atoms with Crippen molar-refractivity contribution in [3.63, 3.8) is 0 Å². The molecule has 6 N–H and O–H groups in total. The average Bonchev–Trinajstić information content (AvgIpc) is 3.48. The van der Waals surface area contributed by atoms with Gasteiger partial charge in [-0.05, 0) is 55.9 Å². The number of aliphatic hydroxyl groups is 1. The Kier molecular flexibility index (Phi) is 12.3. The predicted octanol–water partition coefficient (Wildman–Crippen LogP) is 2.99. The van der Waals surface area contributed by atoms with Gasteiger partial charge in [-0.2, -0.15) is 0 Å². The first kappa shape index (κ1) is 36.8. The van der Waals surface area contributed by atoms with E-state index in [9.17, 15) is 28.7 Å². The molecule has 0 bridgehead atoms. The number of pyridine rings is 2. The van der Waals surface area contributed by atoms with Crippen LogP contribution in [-0.2, 0) is 49.9 Å². The number of nitrogens with one attached hydrogen (secondary N) is 1. The molecule has 1 unspecified atom stereocenters. The number of benzene rings is 2. The minimum atomic E-state index is -1.48. The molecule has 1 atom stereocenters. The van der Waals surface area contributed by atoms with Gasteiger partial charge in [0, 0.05) is 22.6 Å². The lowest BCUT2D eigenvalue weighted by molar-refractivity contribution is -0.157. The smallest absolute Gasteiger partial charge is 0.340 e. The number of carbonyl (C=O) groups is 3. The van der Waals surface area contributed by atoms with E-state index in [2.05, 4.69) is 29.1 Å². The van der Waals surface area contributed by atoms with Gasteiger partial charge in [0.1, 0.15) is 25.8 Å². The van der Waals surface area contributed by atoms with Gasteiger partial charge in [-0.25, -0.2) is 14.2 Å². The van der Waals surface area contributed by atoms with Crippen LogP contribution in [0.4, 0.5) is 4.39 Å². The minimum Gasteiger partial charge on any atom is -0.458 e. The van der Waals surface area contributed by atoms with Crippen LogP contribution in [0.1, 0.15) is 65.3 Å². The summed E-state index contributed by atoms with van der Waals surface area (Å²) in [4.78, 5) is 50.1. The fraction of sp³-hybridized carbons (Fsp3) is 0.361. The maximum Gasteiger partial charge on any atom is 0.340 e. The van der Waals surface area contributed by atoms with Crippen LogP contribution in [-0.4, -0.2) is 52.3 Å². The van der Waals surface area contributed by atoms with Gasteiger partial charge in [0.15, 0.2) is 6.10 Å².